The van der Waals surface area contributed by atoms with Gasteiger partial charge < -0.3 is 10.5 Å². The Hall–Kier alpha value is -1.58. The van der Waals surface area contributed by atoms with Crippen LogP contribution in [0.25, 0.3) is 0 Å². The van der Waals surface area contributed by atoms with Gasteiger partial charge in [-0.25, -0.2) is 4.98 Å². The molecule has 3 nitrogen and oxygen atoms in total. The van der Waals surface area contributed by atoms with Gasteiger partial charge in [-0.2, -0.15) is 0 Å². The Morgan fingerprint density at radius 2 is 1.89 bits per heavy atom. The van der Waals surface area contributed by atoms with E-state index in [2.05, 4.69) is 4.98 Å². The van der Waals surface area contributed by atoms with Crippen molar-refractivity contribution in [1.82, 2.24) is 4.98 Å². The maximum atomic E-state index is 5.99. The summed E-state index contributed by atoms with van der Waals surface area (Å²) in [5.41, 5.74) is 9.70. The molecule has 0 saturated heterocycles. The van der Waals surface area contributed by atoms with Crippen LogP contribution in [-0.2, 0) is 6.54 Å². The molecule has 0 atom stereocenters. The van der Waals surface area contributed by atoms with E-state index in [9.17, 15) is 0 Å². The number of ether oxygens (including phenoxy) is 1. The summed E-state index contributed by atoms with van der Waals surface area (Å²) in [6.07, 6.45) is 0. The molecule has 2 N–H and O–H groups in total. The number of aryl methyl sites for hydroxylation is 3. The van der Waals surface area contributed by atoms with E-state index < -0.39 is 0 Å². The first-order valence-corrected chi connectivity index (χ1v) is 6.50. The van der Waals surface area contributed by atoms with Crippen molar-refractivity contribution < 1.29 is 4.74 Å². The predicted molar refractivity (Wildman–Crippen MR) is 77.9 cm³/mol. The molecule has 1 heterocycles. The van der Waals surface area contributed by atoms with Gasteiger partial charge in [-0.1, -0.05) is 17.7 Å². The average Bonchev–Trinajstić information content (AvgIpc) is 2.33. The molecule has 0 spiro atoms. The van der Waals surface area contributed by atoms with Crippen LogP contribution in [0.3, 0.4) is 0 Å². The van der Waals surface area contributed by atoms with Crippen molar-refractivity contribution in [1.29, 1.82) is 0 Å². The normalized spacial score (nSPS) is 10.6. The van der Waals surface area contributed by atoms with Gasteiger partial charge in [0.2, 0.25) is 5.88 Å². The molecule has 0 aliphatic heterocycles. The Morgan fingerprint density at radius 3 is 2.58 bits per heavy atom. The van der Waals surface area contributed by atoms with Crippen molar-refractivity contribution in [2.24, 2.45) is 5.73 Å². The van der Waals surface area contributed by atoms with Crippen LogP contribution in [0.1, 0.15) is 22.4 Å². The summed E-state index contributed by atoms with van der Waals surface area (Å²) in [6, 6.07) is 7.54. The van der Waals surface area contributed by atoms with Crippen LogP contribution < -0.4 is 10.5 Å². The predicted octanol–water partition coefficient (Wildman–Crippen LogP) is 3.91. The molecule has 1 aromatic carbocycles. The Kier molecular flexibility index (Phi) is 4.08. The molecule has 100 valence electrons. The number of halogens is 1. The lowest BCUT2D eigenvalue weighted by molar-refractivity contribution is 0.451. The van der Waals surface area contributed by atoms with Crippen LogP contribution in [0, 0.1) is 20.8 Å². The molecule has 0 aliphatic carbocycles. The molecule has 0 amide bonds. The zero-order valence-electron chi connectivity index (χ0n) is 11.3. The Balaban J connectivity index is 2.45. The highest BCUT2D eigenvalue weighted by molar-refractivity contribution is 6.30. The highest BCUT2D eigenvalue weighted by Gasteiger charge is 2.11. The van der Waals surface area contributed by atoms with Crippen LogP contribution >= 0.6 is 11.6 Å². The molecule has 2 aromatic rings. The van der Waals surface area contributed by atoms with Crippen molar-refractivity contribution in [2.75, 3.05) is 0 Å². The second kappa shape index (κ2) is 5.59. The van der Waals surface area contributed by atoms with E-state index in [0.29, 0.717) is 23.2 Å². The first-order valence-electron chi connectivity index (χ1n) is 6.12. The number of benzene rings is 1. The summed E-state index contributed by atoms with van der Waals surface area (Å²) in [7, 11) is 0. The lowest BCUT2D eigenvalue weighted by atomic mass is 10.1. The van der Waals surface area contributed by atoms with Crippen molar-refractivity contribution in [3.05, 3.63) is 51.7 Å². The lowest BCUT2D eigenvalue weighted by Crippen LogP contribution is -2.05. The summed E-state index contributed by atoms with van der Waals surface area (Å²) in [4.78, 5) is 4.43. The highest BCUT2D eigenvalue weighted by Crippen LogP contribution is 2.30. The minimum absolute atomic E-state index is 0.397. The summed E-state index contributed by atoms with van der Waals surface area (Å²) in [5.74, 6) is 1.27. The quantitative estimate of drug-likeness (QED) is 0.924. The van der Waals surface area contributed by atoms with E-state index in [1.165, 1.54) is 0 Å². The fourth-order valence-corrected chi connectivity index (χ4v) is 2.11. The molecule has 0 aliphatic rings. The van der Waals surface area contributed by atoms with Crippen molar-refractivity contribution >= 4 is 11.6 Å². The SMILES string of the molecule is Cc1cc(C)c(CN)c(Oc2cc(Cl)ccc2C)n1. The summed E-state index contributed by atoms with van der Waals surface area (Å²) < 4.78 is 5.90. The minimum Gasteiger partial charge on any atom is -0.438 e. The number of hydrogen-bond donors (Lipinski definition) is 1. The van der Waals surface area contributed by atoms with Gasteiger partial charge in [-0.15, -0.1) is 0 Å². The summed E-state index contributed by atoms with van der Waals surface area (Å²) >= 11 is 5.99. The lowest BCUT2D eigenvalue weighted by Gasteiger charge is -2.14. The number of rotatable bonds is 3. The molecule has 0 saturated carbocycles. The zero-order chi connectivity index (χ0) is 14.0. The van der Waals surface area contributed by atoms with E-state index in [-0.39, 0.29) is 0 Å². The first-order chi connectivity index (χ1) is 9.01. The molecule has 0 unspecified atom stereocenters. The van der Waals surface area contributed by atoms with E-state index in [1.807, 2.05) is 39.0 Å². The standard InChI is InChI=1S/C15H17ClN2O/c1-9-4-5-12(16)7-14(9)19-15-13(8-17)10(2)6-11(3)18-15/h4-7H,8,17H2,1-3H3. The van der Waals surface area contributed by atoms with Crippen LogP contribution in [0.2, 0.25) is 5.02 Å². The Bertz CT molecular complexity index is 611. The third-order valence-electron chi connectivity index (χ3n) is 3.00. The van der Waals surface area contributed by atoms with Gasteiger partial charge in [0.25, 0.3) is 0 Å². The van der Waals surface area contributed by atoms with Gasteiger partial charge in [-0.3, -0.25) is 0 Å². The number of nitrogens with zero attached hydrogens (tertiary/aromatic N) is 1. The van der Waals surface area contributed by atoms with Crippen LogP contribution in [-0.4, -0.2) is 4.98 Å². The summed E-state index contributed by atoms with van der Waals surface area (Å²) in [6.45, 7) is 6.31. The van der Waals surface area contributed by atoms with Gasteiger partial charge in [0.05, 0.1) is 0 Å². The molecule has 0 bridgehead atoms. The number of pyridine rings is 1. The molecular formula is C15H17ClN2O. The van der Waals surface area contributed by atoms with Gasteiger partial charge >= 0.3 is 0 Å². The van der Waals surface area contributed by atoms with Gasteiger partial charge in [0.15, 0.2) is 0 Å². The number of aromatic nitrogens is 1. The van der Waals surface area contributed by atoms with E-state index in [1.54, 1.807) is 6.07 Å². The third kappa shape index (κ3) is 3.06. The number of nitrogens with two attached hydrogens (primary N) is 1. The molecule has 19 heavy (non-hydrogen) atoms. The van der Waals surface area contributed by atoms with E-state index in [0.717, 1.165) is 22.4 Å². The second-order valence-corrected chi connectivity index (χ2v) is 5.02. The molecular weight excluding hydrogens is 260 g/mol. The molecule has 1 aromatic heterocycles. The molecule has 4 heteroatoms. The maximum absolute atomic E-state index is 5.99. The topological polar surface area (TPSA) is 48.1 Å². The van der Waals surface area contributed by atoms with Crippen LogP contribution in [0.15, 0.2) is 24.3 Å². The second-order valence-electron chi connectivity index (χ2n) is 4.58. The largest absolute Gasteiger partial charge is 0.438 e. The summed E-state index contributed by atoms with van der Waals surface area (Å²) in [5, 5.41) is 0.638. The maximum Gasteiger partial charge on any atom is 0.224 e. The minimum atomic E-state index is 0.397. The molecule has 2 rings (SSSR count). The van der Waals surface area contributed by atoms with Gasteiger partial charge in [0.1, 0.15) is 5.75 Å². The van der Waals surface area contributed by atoms with Gasteiger partial charge in [0, 0.05) is 22.8 Å². The fourth-order valence-electron chi connectivity index (χ4n) is 1.95. The van der Waals surface area contributed by atoms with Crippen LogP contribution in [0.5, 0.6) is 11.6 Å². The smallest absolute Gasteiger partial charge is 0.224 e. The molecule has 0 radical (unpaired) electrons. The first kappa shape index (κ1) is 13.8. The fraction of sp³-hybridized carbons (Fsp3) is 0.267. The highest BCUT2D eigenvalue weighted by atomic mass is 35.5. The van der Waals surface area contributed by atoms with Gasteiger partial charge in [-0.05, 0) is 50.1 Å². The van der Waals surface area contributed by atoms with Crippen molar-refractivity contribution in [3.8, 4) is 11.6 Å². The zero-order valence-corrected chi connectivity index (χ0v) is 12.1. The van der Waals surface area contributed by atoms with Crippen molar-refractivity contribution in [2.45, 2.75) is 27.3 Å². The van der Waals surface area contributed by atoms with Crippen molar-refractivity contribution in [3.63, 3.8) is 0 Å². The van der Waals surface area contributed by atoms with E-state index in [4.69, 9.17) is 22.1 Å². The Morgan fingerprint density at radius 1 is 1.16 bits per heavy atom. The third-order valence-corrected chi connectivity index (χ3v) is 3.23. The monoisotopic (exact) mass is 276 g/mol. The Labute approximate surface area is 118 Å². The van der Waals surface area contributed by atoms with Crippen LogP contribution in [0.4, 0.5) is 0 Å². The molecule has 0 fully saturated rings. The number of hydrogen-bond acceptors (Lipinski definition) is 3. The average molecular weight is 277 g/mol. The van der Waals surface area contributed by atoms with E-state index >= 15 is 0 Å².